The van der Waals surface area contributed by atoms with Gasteiger partial charge >= 0.3 is 11.5 Å². The molecular formula is C12H12F3NO3S. The second kappa shape index (κ2) is 7.18. The molecule has 110 valence electrons. The van der Waals surface area contributed by atoms with Crippen molar-refractivity contribution >= 4 is 23.6 Å². The van der Waals surface area contributed by atoms with Gasteiger partial charge in [-0.25, -0.2) is 4.79 Å². The standard InChI is InChI=1S/C12H12F3NO3S/c13-12(14,15)20-7-10(17)16-9(11(18)19)6-8-4-2-1-3-5-8/h1-5,9H,6-7H2,(H,16,17)(H,18,19)/t9-/m1/s1. The molecule has 1 rings (SSSR count). The summed E-state index contributed by atoms with van der Waals surface area (Å²) in [5, 5.41) is 11.0. The minimum atomic E-state index is -4.52. The first-order chi connectivity index (χ1) is 9.28. The molecule has 8 heteroatoms. The Morgan fingerprint density at radius 3 is 2.35 bits per heavy atom. The van der Waals surface area contributed by atoms with E-state index in [1.165, 1.54) is 0 Å². The van der Waals surface area contributed by atoms with E-state index in [1.54, 1.807) is 30.3 Å². The van der Waals surface area contributed by atoms with Gasteiger partial charge in [0.05, 0.1) is 5.75 Å². The Hall–Kier alpha value is -1.70. The molecule has 4 nitrogen and oxygen atoms in total. The number of halogens is 3. The van der Waals surface area contributed by atoms with E-state index in [2.05, 4.69) is 5.32 Å². The zero-order chi connectivity index (χ0) is 15.2. The quantitative estimate of drug-likeness (QED) is 0.844. The second-order valence-corrected chi connectivity index (χ2v) is 4.92. The molecule has 0 aliphatic carbocycles. The summed E-state index contributed by atoms with van der Waals surface area (Å²) in [6.07, 6.45) is 0.0125. The van der Waals surface area contributed by atoms with Gasteiger partial charge in [-0.2, -0.15) is 13.2 Å². The van der Waals surface area contributed by atoms with Crippen LogP contribution in [0.4, 0.5) is 13.2 Å². The summed E-state index contributed by atoms with van der Waals surface area (Å²) in [5.41, 5.74) is -3.85. The Morgan fingerprint density at radius 2 is 1.85 bits per heavy atom. The lowest BCUT2D eigenvalue weighted by atomic mass is 10.1. The Kier molecular flexibility index (Phi) is 5.87. The van der Waals surface area contributed by atoms with Crippen molar-refractivity contribution in [2.24, 2.45) is 0 Å². The van der Waals surface area contributed by atoms with Crippen LogP contribution in [-0.2, 0) is 16.0 Å². The van der Waals surface area contributed by atoms with Crippen LogP contribution in [0.25, 0.3) is 0 Å². The predicted molar refractivity (Wildman–Crippen MR) is 68.2 cm³/mol. The van der Waals surface area contributed by atoms with Gasteiger partial charge in [-0.15, -0.1) is 0 Å². The van der Waals surface area contributed by atoms with Crippen LogP contribution in [0.5, 0.6) is 0 Å². The van der Waals surface area contributed by atoms with E-state index >= 15 is 0 Å². The number of hydrogen-bond donors (Lipinski definition) is 2. The maximum Gasteiger partial charge on any atom is 0.442 e. The van der Waals surface area contributed by atoms with Gasteiger partial charge in [-0.1, -0.05) is 30.3 Å². The summed E-state index contributed by atoms with van der Waals surface area (Å²) in [7, 11) is 0. The number of carboxylic acid groups (broad SMARTS) is 1. The average Bonchev–Trinajstić information content (AvgIpc) is 2.36. The maximum absolute atomic E-state index is 11.9. The number of aliphatic carboxylic acids is 1. The average molecular weight is 307 g/mol. The molecule has 0 aromatic heterocycles. The monoisotopic (exact) mass is 307 g/mol. The maximum atomic E-state index is 11.9. The van der Waals surface area contributed by atoms with Crippen molar-refractivity contribution in [3.05, 3.63) is 35.9 Å². The third-order valence-corrected chi connectivity index (χ3v) is 3.02. The number of nitrogens with one attached hydrogen (secondary N) is 1. The topological polar surface area (TPSA) is 66.4 Å². The molecule has 20 heavy (non-hydrogen) atoms. The summed E-state index contributed by atoms with van der Waals surface area (Å²) < 4.78 is 35.8. The Bertz CT molecular complexity index is 465. The highest BCUT2D eigenvalue weighted by atomic mass is 32.2. The molecule has 0 saturated heterocycles. The number of hydrogen-bond acceptors (Lipinski definition) is 3. The van der Waals surface area contributed by atoms with Crippen molar-refractivity contribution in [1.29, 1.82) is 0 Å². The normalized spacial score (nSPS) is 12.8. The molecule has 0 saturated carbocycles. The molecule has 0 fully saturated rings. The van der Waals surface area contributed by atoms with Crippen molar-refractivity contribution in [3.8, 4) is 0 Å². The van der Waals surface area contributed by atoms with E-state index in [1.807, 2.05) is 0 Å². The Balaban J connectivity index is 2.55. The lowest BCUT2D eigenvalue weighted by molar-refractivity contribution is -0.141. The largest absolute Gasteiger partial charge is 0.480 e. The van der Waals surface area contributed by atoms with Gasteiger partial charge in [0.25, 0.3) is 0 Å². The van der Waals surface area contributed by atoms with Gasteiger partial charge in [-0.3, -0.25) is 4.79 Å². The zero-order valence-corrected chi connectivity index (χ0v) is 11.0. The van der Waals surface area contributed by atoms with Crippen molar-refractivity contribution < 1.29 is 27.9 Å². The van der Waals surface area contributed by atoms with Crippen LogP contribution in [0.3, 0.4) is 0 Å². The molecule has 0 aliphatic rings. The van der Waals surface area contributed by atoms with Gasteiger partial charge in [0.1, 0.15) is 6.04 Å². The molecule has 0 unspecified atom stereocenters. The summed E-state index contributed by atoms with van der Waals surface area (Å²) in [6.45, 7) is 0. The van der Waals surface area contributed by atoms with E-state index in [0.717, 1.165) is 0 Å². The summed E-state index contributed by atoms with van der Waals surface area (Å²) in [4.78, 5) is 22.3. The fraction of sp³-hybridized carbons (Fsp3) is 0.333. The molecule has 0 heterocycles. The fourth-order valence-electron chi connectivity index (χ4n) is 1.43. The van der Waals surface area contributed by atoms with Crippen LogP contribution in [0.15, 0.2) is 30.3 Å². The van der Waals surface area contributed by atoms with Gasteiger partial charge in [0, 0.05) is 6.42 Å². The molecule has 0 spiro atoms. The highest BCUT2D eigenvalue weighted by molar-refractivity contribution is 8.00. The lowest BCUT2D eigenvalue weighted by Crippen LogP contribution is -2.43. The van der Waals surface area contributed by atoms with Crippen molar-refractivity contribution in [3.63, 3.8) is 0 Å². The zero-order valence-electron chi connectivity index (χ0n) is 10.2. The summed E-state index contributed by atoms with van der Waals surface area (Å²) >= 11 is -0.503. The Morgan fingerprint density at radius 1 is 1.25 bits per heavy atom. The van der Waals surface area contributed by atoms with E-state index in [9.17, 15) is 22.8 Å². The first-order valence-corrected chi connectivity index (χ1v) is 6.53. The predicted octanol–water partition coefficient (Wildman–Crippen LogP) is 2.05. The molecule has 1 aromatic carbocycles. The van der Waals surface area contributed by atoms with Gasteiger partial charge in [-0.05, 0) is 17.3 Å². The molecule has 0 aliphatic heterocycles. The molecule has 1 aromatic rings. The number of alkyl halides is 3. The van der Waals surface area contributed by atoms with Gasteiger partial charge in [0.2, 0.25) is 5.91 Å². The minimum Gasteiger partial charge on any atom is -0.480 e. The van der Waals surface area contributed by atoms with E-state index < -0.39 is 40.9 Å². The van der Waals surface area contributed by atoms with Crippen LogP contribution >= 0.6 is 11.8 Å². The van der Waals surface area contributed by atoms with E-state index in [-0.39, 0.29) is 6.42 Å². The lowest BCUT2D eigenvalue weighted by Gasteiger charge is -2.14. The van der Waals surface area contributed by atoms with Gasteiger partial charge < -0.3 is 10.4 Å². The van der Waals surface area contributed by atoms with Crippen LogP contribution < -0.4 is 5.32 Å². The highest BCUT2D eigenvalue weighted by Gasteiger charge is 2.30. The molecule has 1 atom stereocenters. The third-order valence-electron chi connectivity index (χ3n) is 2.28. The van der Waals surface area contributed by atoms with Crippen molar-refractivity contribution in [2.45, 2.75) is 18.0 Å². The summed E-state index contributed by atoms with van der Waals surface area (Å²) in [5.74, 6) is -3.11. The molecule has 1 amide bonds. The smallest absolute Gasteiger partial charge is 0.442 e. The highest BCUT2D eigenvalue weighted by Crippen LogP contribution is 2.29. The fourth-order valence-corrected chi connectivity index (χ4v) is 1.81. The number of carbonyl (C=O) groups excluding carboxylic acids is 1. The second-order valence-electron chi connectivity index (χ2n) is 3.88. The van der Waals surface area contributed by atoms with Gasteiger partial charge in [0.15, 0.2) is 0 Å². The number of carboxylic acids is 1. The number of amides is 1. The van der Waals surface area contributed by atoms with E-state index in [4.69, 9.17) is 5.11 Å². The van der Waals surface area contributed by atoms with E-state index in [0.29, 0.717) is 5.56 Å². The Labute approximate surface area is 117 Å². The van der Waals surface area contributed by atoms with Crippen LogP contribution in [0, 0.1) is 0 Å². The van der Waals surface area contributed by atoms with Crippen LogP contribution in [-0.4, -0.2) is 34.3 Å². The SMILES string of the molecule is O=C(CSC(F)(F)F)N[C@H](Cc1ccccc1)C(=O)O. The minimum absolute atomic E-state index is 0.0125. The van der Waals surface area contributed by atoms with Crippen LogP contribution in [0.2, 0.25) is 0 Å². The first kappa shape index (κ1) is 16.4. The summed E-state index contributed by atoms with van der Waals surface area (Å²) in [6, 6.07) is 7.25. The first-order valence-electron chi connectivity index (χ1n) is 5.54. The molecular weight excluding hydrogens is 295 g/mol. The number of rotatable bonds is 6. The number of thioether (sulfide) groups is 1. The molecule has 0 radical (unpaired) electrons. The number of carbonyl (C=O) groups is 2. The third kappa shape index (κ3) is 6.46. The molecule has 2 N–H and O–H groups in total. The van der Waals surface area contributed by atoms with Crippen molar-refractivity contribution in [2.75, 3.05) is 5.75 Å². The molecule has 0 bridgehead atoms. The number of benzene rings is 1. The van der Waals surface area contributed by atoms with Crippen molar-refractivity contribution in [1.82, 2.24) is 5.32 Å². The van der Waals surface area contributed by atoms with Crippen LogP contribution in [0.1, 0.15) is 5.56 Å².